The number of anilines is 1. The Hall–Kier alpha value is -2.14. The molecule has 19 heavy (non-hydrogen) atoms. The van der Waals surface area contributed by atoms with Gasteiger partial charge in [0, 0.05) is 24.0 Å². The van der Waals surface area contributed by atoms with Crippen molar-refractivity contribution >= 4 is 11.6 Å². The van der Waals surface area contributed by atoms with Crippen LogP contribution in [0.3, 0.4) is 0 Å². The largest absolute Gasteiger partial charge is 0.348 e. The zero-order valence-corrected chi connectivity index (χ0v) is 11.1. The van der Waals surface area contributed by atoms with Gasteiger partial charge in [-0.25, -0.2) is 4.98 Å². The average molecular weight is 258 g/mol. The van der Waals surface area contributed by atoms with E-state index in [9.17, 15) is 4.79 Å². The molecule has 100 valence electrons. The molecular formula is C14H18N4O. The zero-order valence-electron chi connectivity index (χ0n) is 11.1. The van der Waals surface area contributed by atoms with Crippen molar-refractivity contribution < 1.29 is 4.79 Å². The minimum absolute atomic E-state index is 0.191. The molecule has 0 bridgehead atoms. The number of aromatic amines is 1. The number of carbonyl (C=O) groups is 1. The van der Waals surface area contributed by atoms with E-state index in [1.54, 1.807) is 12.5 Å². The second kappa shape index (κ2) is 5.67. The van der Waals surface area contributed by atoms with Crippen LogP contribution < -0.4 is 11.1 Å². The first-order valence-electron chi connectivity index (χ1n) is 6.18. The summed E-state index contributed by atoms with van der Waals surface area (Å²) >= 11 is 0. The number of H-pyrrole nitrogens is 1. The van der Waals surface area contributed by atoms with Gasteiger partial charge in [0.1, 0.15) is 0 Å². The molecular weight excluding hydrogens is 240 g/mol. The highest BCUT2D eigenvalue weighted by Crippen LogP contribution is 2.18. The van der Waals surface area contributed by atoms with Crippen LogP contribution in [-0.2, 0) is 11.2 Å². The number of nitrogens with zero attached hydrogens (tertiary/aromatic N) is 1. The molecule has 0 spiro atoms. The molecule has 0 saturated heterocycles. The Kier molecular flexibility index (Phi) is 3.97. The van der Waals surface area contributed by atoms with E-state index < -0.39 is 6.04 Å². The summed E-state index contributed by atoms with van der Waals surface area (Å²) in [4.78, 5) is 18.9. The van der Waals surface area contributed by atoms with Gasteiger partial charge in [-0.05, 0) is 31.0 Å². The van der Waals surface area contributed by atoms with Crippen LogP contribution >= 0.6 is 0 Å². The van der Waals surface area contributed by atoms with Crippen molar-refractivity contribution in [3.8, 4) is 0 Å². The fraction of sp³-hybridized carbons (Fsp3) is 0.286. The Balaban J connectivity index is 2.02. The molecule has 1 amide bonds. The maximum Gasteiger partial charge on any atom is 0.241 e. The maximum absolute atomic E-state index is 12.0. The number of amides is 1. The summed E-state index contributed by atoms with van der Waals surface area (Å²) < 4.78 is 0. The minimum Gasteiger partial charge on any atom is -0.348 e. The molecule has 4 N–H and O–H groups in total. The SMILES string of the molecule is Cc1cccc(NC(=O)[C@@H](N)Cc2cnc[nH]2)c1C. The number of benzene rings is 1. The molecule has 0 aliphatic heterocycles. The van der Waals surface area contributed by atoms with Crippen LogP contribution in [0, 0.1) is 13.8 Å². The van der Waals surface area contributed by atoms with Crippen LogP contribution in [0.15, 0.2) is 30.7 Å². The van der Waals surface area contributed by atoms with Crippen molar-refractivity contribution in [2.45, 2.75) is 26.3 Å². The molecule has 1 heterocycles. The number of hydrogen-bond donors (Lipinski definition) is 3. The van der Waals surface area contributed by atoms with E-state index in [0.717, 1.165) is 22.5 Å². The summed E-state index contributed by atoms with van der Waals surface area (Å²) in [5.74, 6) is -0.191. The Labute approximate surface area is 112 Å². The van der Waals surface area contributed by atoms with Gasteiger partial charge in [0.25, 0.3) is 0 Å². The van der Waals surface area contributed by atoms with Gasteiger partial charge in [-0.15, -0.1) is 0 Å². The molecule has 5 heteroatoms. The summed E-state index contributed by atoms with van der Waals surface area (Å²) in [6.45, 7) is 3.99. The van der Waals surface area contributed by atoms with Gasteiger partial charge in [-0.2, -0.15) is 0 Å². The smallest absolute Gasteiger partial charge is 0.241 e. The highest BCUT2D eigenvalue weighted by molar-refractivity contribution is 5.95. The van der Waals surface area contributed by atoms with Crippen molar-refractivity contribution in [1.82, 2.24) is 9.97 Å². The molecule has 0 radical (unpaired) electrons. The third kappa shape index (κ3) is 3.20. The fourth-order valence-corrected chi connectivity index (χ4v) is 1.84. The van der Waals surface area contributed by atoms with E-state index in [1.165, 1.54) is 0 Å². The molecule has 0 aliphatic carbocycles. The van der Waals surface area contributed by atoms with E-state index in [0.29, 0.717) is 6.42 Å². The van der Waals surface area contributed by atoms with Gasteiger partial charge in [0.2, 0.25) is 5.91 Å². The molecule has 1 atom stereocenters. The van der Waals surface area contributed by atoms with Crippen LogP contribution in [0.2, 0.25) is 0 Å². The zero-order chi connectivity index (χ0) is 13.8. The number of carbonyl (C=O) groups excluding carboxylic acids is 1. The Bertz CT molecular complexity index is 563. The third-order valence-corrected chi connectivity index (χ3v) is 3.19. The summed E-state index contributed by atoms with van der Waals surface area (Å²) in [6, 6.07) is 5.21. The summed E-state index contributed by atoms with van der Waals surface area (Å²) in [5.41, 5.74) is 9.74. The van der Waals surface area contributed by atoms with Crippen molar-refractivity contribution in [1.29, 1.82) is 0 Å². The number of nitrogens with one attached hydrogen (secondary N) is 2. The second-order valence-corrected chi connectivity index (χ2v) is 4.62. The van der Waals surface area contributed by atoms with Crippen LogP contribution in [0.4, 0.5) is 5.69 Å². The predicted octanol–water partition coefficient (Wildman–Crippen LogP) is 1.54. The lowest BCUT2D eigenvalue weighted by Gasteiger charge is -2.14. The highest BCUT2D eigenvalue weighted by atomic mass is 16.2. The molecule has 2 aromatic rings. The minimum atomic E-state index is -0.597. The Morgan fingerprint density at radius 2 is 2.26 bits per heavy atom. The van der Waals surface area contributed by atoms with Crippen LogP contribution in [-0.4, -0.2) is 21.9 Å². The summed E-state index contributed by atoms with van der Waals surface area (Å²) in [5, 5.41) is 2.86. The number of aromatic nitrogens is 2. The van der Waals surface area contributed by atoms with Gasteiger partial charge < -0.3 is 16.0 Å². The van der Waals surface area contributed by atoms with Crippen molar-refractivity contribution in [3.63, 3.8) is 0 Å². The Morgan fingerprint density at radius 3 is 2.95 bits per heavy atom. The molecule has 1 aromatic carbocycles. The van der Waals surface area contributed by atoms with Crippen molar-refractivity contribution in [2.75, 3.05) is 5.32 Å². The molecule has 0 aliphatic rings. The Morgan fingerprint density at radius 1 is 1.47 bits per heavy atom. The predicted molar refractivity (Wildman–Crippen MR) is 74.8 cm³/mol. The number of aryl methyl sites for hydroxylation is 1. The normalized spacial score (nSPS) is 12.2. The van der Waals surface area contributed by atoms with Crippen molar-refractivity contribution in [2.24, 2.45) is 5.73 Å². The molecule has 5 nitrogen and oxygen atoms in total. The van der Waals surface area contributed by atoms with Gasteiger partial charge in [-0.1, -0.05) is 12.1 Å². The lowest BCUT2D eigenvalue weighted by atomic mass is 10.1. The van der Waals surface area contributed by atoms with Gasteiger partial charge in [-0.3, -0.25) is 4.79 Å². The summed E-state index contributed by atoms with van der Waals surface area (Å²) in [6.07, 6.45) is 3.69. The van der Waals surface area contributed by atoms with Crippen molar-refractivity contribution in [3.05, 3.63) is 47.5 Å². The average Bonchev–Trinajstić information content (AvgIpc) is 2.87. The fourth-order valence-electron chi connectivity index (χ4n) is 1.84. The lowest BCUT2D eigenvalue weighted by molar-refractivity contribution is -0.117. The van der Waals surface area contributed by atoms with Crippen LogP contribution in [0.1, 0.15) is 16.8 Å². The monoisotopic (exact) mass is 258 g/mol. The van der Waals surface area contributed by atoms with E-state index in [1.807, 2.05) is 32.0 Å². The second-order valence-electron chi connectivity index (χ2n) is 4.62. The number of nitrogens with two attached hydrogens (primary N) is 1. The van der Waals surface area contributed by atoms with Gasteiger partial charge in [0.15, 0.2) is 0 Å². The number of rotatable bonds is 4. The first kappa shape index (κ1) is 13.3. The first-order chi connectivity index (χ1) is 9.08. The maximum atomic E-state index is 12.0. The molecule has 2 rings (SSSR count). The van der Waals surface area contributed by atoms with Crippen LogP contribution in [0.25, 0.3) is 0 Å². The van der Waals surface area contributed by atoms with E-state index in [-0.39, 0.29) is 5.91 Å². The van der Waals surface area contributed by atoms with Crippen LogP contribution in [0.5, 0.6) is 0 Å². The topological polar surface area (TPSA) is 83.8 Å². The first-order valence-corrected chi connectivity index (χ1v) is 6.18. The standard InChI is InChI=1S/C14H18N4O/c1-9-4-3-5-13(10(9)2)18-14(19)12(15)6-11-7-16-8-17-11/h3-5,7-8,12H,6,15H2,1-2H3,(H,16,17)(H,18,19)/t12-/m0/s1. The van der Waals surface area contributed by atoms with E-state index in [4.69, 9.17) is 5.73 Å². The van der Waals surface area contributed by atoms with E-state index >= 15 is 0 Å². The molecule has 0 fully saturated rings. The molecule has 1 aromatic heterocycles. The number of hydrogen-bond acceptors (Lipinski definition) is 3. The number of imidazole rings is 1. The van der Waals surface area contributed by atoms with Gasteiger partial charge in [0.05, 0.1) is 12.4 Å². The van der Waals surface area contributed by atoms with Gasteiger partial charge >= 0.3 is 0 Å². The summed E-state index contributed by atoms with van der Waals surface area (Å²) in [7, 11) is 0. The molecule has 0 saturated carbocycles. The molecule has 0 unspecified atom stereocenters. The third-order valence-electron chi connectivity index (χ3n) is 3.19. The highest BCUT2D eigenvalue weighted by Gasteiger charge is 2.15. The lowest BCUT2D eigenvalue weighted by Crippen LogP contribution is -2.37. The quantitative estimate of drug-likeness (QED) is 0.777. The van der Waals surface area contributed by atoms with E-state index in [2.05, 4.69) is 15.3 Å².